The van der Waals surface area contributed by atoms with E-state index in [0.717, 1.165) is 0 Å². The van der Waals surface area contributed by atoms with E-state index in [-0.39, 0.29) is 38.2 Å². The number of hydrogen-bond acceptors (Lipinski definition) is 9. The van der Waals surface area contributed by atoms with Crippen LogP contribution < -0.4 is 33.2 Å². The number of nitrogens with two attached hydrogens (primary N) is 3. The SMILES string of the molecule is CSCCC(NC(=O)C(Cc1cnc[nH]1)NC(=O)C(CCCN=C(N)N)NC(=O)C(N)CC(=O)O)C(=O)O. The van der Waals surface area contributed by atoms with E-state index in [9.17, 15) is 29.1 Å². The maximum Gasteiger partial charge on any atom is 0.326 e. The molecule has 1 aromatic rings. The lowest BCUT2D eigenvalue weighted by Crippen LogP contribution is -2.57. The molecule has 0 bridgehead atoms. The number of H-pyrrole nitrogens is 1. The van der Waals surface area contributed by atoms with Gasteiger partial charge < -0.3 is 48.3 Å². The van der Waals surface area contributed by atoms with Crippen LogP contribution in [0.25, 0.3) is 0 Å². The molecule has 16 nitrogen and oxygen atoms in total. The number of hydrogen-bond donors (Lipinski definition) is 9. The minimum atomic E-state index is -1.42. The summed E-state index contributed by atoms with van der Waals surface area (Å²) in [6.07, 6.45) is 4.33. The van der Waals surface area contributed by atoms with Gasteiger partial charge in [-0.2, -0.15) is 11.8 Å². The van der Waals surface area contributed by atoms with E-state index in [0.29, 0.717) is 11.4 Å². The molecule has 0 aliphatic carbocycles. The van der Waals surface area contributed by atoms with Crippen molar-refractivity contribution in [3.05, 3.63) is 18.2 Å². The number of aromatic amines is 1. The second-order valence-corrected chi connectivity index (χ2v) is 9.22. The average molecular weight is 558 g/mol. The number of imidazole rings is 1. The van der Waals surface area contributed by atoms with E-state index in [1.54, 1.807) is 6.26 Å². The van der Waals surface area contributed by atoms with Crippen LogP contribution in [0.5, 0.6) is 0 Å². The summed E-state index contributed by atoms with van der Waals surface area (Å²) in [7, 11) is 0. The zero-order valence-electron chi connectivity index (χ0n) is 20.9. The van der Waals surface area contributed by atoms with E-state index in [1.807, 2.05) is 0 Å². The number of carboxylic acid groups (broad SMARTS) is 2. The normalized spacial score (nSPS) is 13.8. The summed E-state index contributed by atoms with van der Waals surface area (Å²) in [6.45, 7) is 0.136. The molecule has 0 fully saturated rings. The zero-order chi connectivity index (χ0) is 28.7. The number of carboxylic acids is 2. The van der Waals surface area contributed by atoms with Crippen LogP contribution in [0.1, 0.15) is 31.4 Å². The molecule has 0 aromatic carbocycles. The van der Waals surface area contributed by atoms with Crippen molar-refractivity contribution >= 4 is 47.4 Å². The van der Waals surface area contributed by atoms with Crippen molar-refractivity contribution in [3.8, 4) is 0 Å². The molecule has 0 aliphatic rings. The lowest BCUT2D eigenvalue weighted by molar-refractivity contribution is -0.142. The van der Waals surface area contributed by atoms with Gasteiger partial charge in [0.15, 0.2) is 5.96 Å². The predicted molar refractivity (Wildman–Crippen MR) is 139 cm³/mol. The van der Waals surface area contributed by atoms with Gasteiger partial charge in [0.05, 0.1) is 18.8 Å². The molecule has 4 unspecified atom stereocenters. The molecule has 38 heavy (non-hydrogen) atoms. The van der Waals surface area contributed by atoms with E-state index >= 15 is 0 Å². The Morgan fingerprint density at radius 1 is 1.03 bits per heavy atom. The van der Waals surface area contributed by atoms with Crippen LogP contribution >= 0.6 is 11.8 Å². The molecule has 1 aromatic heterocycles. The summed E-state index contributed by atoms with van der Waals surface area (Å²) in [5.41, 5.74) is 16.7. The molecule has 17 heteroatoms. The Morgan fingerprint density at radius 2 is 1.66 bits per heavy atom. The van der Waals surface area contributed by atoms with Crippen LogP contribution in [0.3, 0.4) is 0 Å². The maximum absolute atomic E-state index is 13.2. The molecule has 212 valence electrons. The largest absolute Gasteiger partial charge is 0.481 e. The standard InChI is InChI=1S/C21H35N9O7S/c1-38-6-4-14(20(36)37)29-19(35)15(7-11-9-25-10-27-11)30-18(34)13(3-2-5-26-21(23)24)28-17(33)12(22)8-16(31)32/h9-10,12-15H,2-8,22H2,1H3,(H,25,27)(H,28,33)(H,29,35)(H,30,34)(H,31,32)(H,36,37)(H4,23,24,26). The lowest BCUT2D eigenvalue weighted by Gasteiger charge is -2.25. The van der Waals surface area contributed by atoms with Gasteiger partial charge in [0, 0.05) is 24.9 Å². The van der Waals surface area contributed by atoms with E-state index in [4.69, 9.17) is 22.3 Å². The van der Waals surface area contributed by atoms with Gasteiger partial charge in [0.1, 0.15) is 18.1 Å². The number of guanidine groups is 1. The highest BCUT2D eigenvalue weighted by molar-refractivity contribution is 7.98. The highest BCUT2D eigenvalue weighted by Gasteiger charge is 2.31. The Morgan fingerprint density at radius 3 is 2.21 bits per heavy atom. The van der Waals surface area contributed by atoms with Gasteiger partial charge >= 0.3 is 11.9 Å². The van der Waals surface area contributed by atoms with Crippen LogP contribution in [-0.4, -0.2) is 98.5 Å². The molecule has 3 amide bonds. The first-order valence-corrected chi connectivity index (χ1v) is 13.0. The molecule has 4 atom stereocenters. The predicted octanol–water partition coefficient (Wildman–Crippen LogP) is -2.90. The van der Waals surface area contributed by atoms with Crippen LogP contribution in [0.4, 0.5) is 0 Å². The number of aromatic nitrogens is 2. The van der Waals surface area contributed by atoms with Gasteiger partial charge in [-0.05, 0) is 31.3 Å². The molecule has 0 saturated heterocycles. The summed E-state index contributed by atoms with van der Waals surface area (Å²) in [4.78, 5) is 71.7. The van der Waals surface area contributed by atoms with Crippen LogP contribution in [0.15, 0.2) is 17.5 Å². The fraction of sp³-hybridized carbons (Fsp3) is 0.571. The highest BCUT2D eigenvalue weighted by Crippen LogP contribution is 2.06. The number of nitrogens with zero attached hydrogens (tertiary/aromatic N) is 2. The Balaban J connectivity index is 3.09. The van der Waals surface area contributed by atoms with E-state index < -0.39 is 60.2 Å². The van der Waals surface area contributed by atoms with Crippen molar-refractivity contribution in [1.82, 2.24) is 25.9 Å². The molecular formula is C21H35N9O7S. The number of rotatable bonds is 18. The third-order valence-electron chi connectivity index (χ3n) is 5.15. The molecule has 0 spiro atoms. The summed E-state index contributed by atoms with van der Waals surface area (Å²) < 4.78 is 0. The topological polar surface area (TPSA) is 281 Å². The smallest absolute Gasteiger partial charge is 0.326 e. The van der Waals surface area contributed by atoms with E-state index in [2.05, 4.69) is 30.9 Å². The zero-order valence-corrected chi connectivity index (χ0v) is 21.7. The van der Waals surface area contributed by atoms with Gasteiger partial charge in [-0.1, -0.05) is 0 Å². The second kappa shape index (κ2) is 16.8. The van der Waals surface area contributed by atoms with Gasteiger partial charge in [-0.15, -0.1) is 0 Å². The Labute approximate surface area is 223 Å². The first-order valence-electron chi connectivity index (χ1n) is 11.6. The number of carbonyl (C=O) groups is 5. The number of aliphatic carboxylic acids is 2. The van der Waals surface area contributed by atoms with E-state index in [1.165, 1.54) is 24.3 Å². The van der Waals surface area contributed by atoms with Crippen LogP contribution in [-0.2, 0) is 30.4 Å². The van der Waals surface area contributed by atoms with Crippen molar-refractivity contribution in [2.75, 3.05) is 18.6 Å². The molecule has 0 radical (unpaired) electrons. The van der Waals surface area contributed by atoms with Gasteiger partial charge in [0.2, 0.25) is 17.7 Å². The first-order chi connectivity index (χ1) is 17.9. The number of amides is 3. The van der Waals surface area contributed by atoms with Crippen molar-refractivity contribution in [2.24, 2.45) is 22.2 Å². The third kappa shape index (κ3) is 12.4. The fourth-order valence-corrected chi connectivity index (χ4v) is 3.67. The van der Waals surface area contributed by atoms with Crippen molar-refractivity contribution in [1.29, 1.82) is 0 Å². The number of aliphatic imine (C=N–C) groups is 1. The molecule has 1 rings (SSSR count). The monoisotopic (exact) mass is 557 g/mol. The van der Waals surface area contributed by atoms with Crippen molar-refractivity contribution in [3.63, 3.8) is 0 Å². The van der Waals surface area contributed by atoms with Crippen LogP contribution in [0, 0.1) is 0 Å². The van der Waals surface area contributed by atoms with Gasteiger partial charge in [-0.25, -0.2) is 9.78 Å². The fourth-order valence-electron chi connectivity index (χ4n) is 3.20. The molecule has 12 N–H and O–H groups in total. The van der Waals surface area contributed by atoms with Crippen LogP contribution in [0.2, 0.25) is 0 Å². The minimum absolute atomic E-state index is 0.0258. The summed E-state index contributed by atoms with van der Waals surface area (Å²) in [5.74, 6) is -4.62. The average Bonchev–Trinajstić information content (AvgIpc) is 3.35. The molecular weight excluding hydrogens is 522 g/mol. The molecule has 1 heterocycles. The second-order valence-electron chi connectivity index (χ2n) is 8.24. The lowest BCUT2D eigenvalue weighted by atomic mass is 10.1. The summed E-state index contributed by atoms with van der Waals surface area (Å²) in [6, 6.07) is -5.05. The Hall–Kier alpha value is -3.86. The Kier molecular flexibility index (Phi) is 14.2. The summed E-state index contributed by atoms with van der Waals surface area (Å²) >= 11 is 1.41. The van der Waals surface area contributed by atoms with Gasteiger partial charge in [-0.3, -0.25) is 24.2 Å². The number of carbonyl (C=O) groups excluding carboxylic acids is 3. The first kappa shape index (κ1) is 32.2. The summed E-state index contributed by atoms with van der Waals surface area (Å²) in [5, 5.41) is 25.7. The third-order valence-corrected chi connectivity index (χ3v) is 5.79. The maximum atomic E-state index is 13.2. The quantitative estimate of drug-likeness (QED) is 0.0499. The molecule has 0 saturated carbocycles. The number of nitrogens with one attached hydrogen (secondary N) is 4. The highest BCUT2D eigenvalue weighted by atomic mass is 32.2. The molecule has 0 aliphatic heterocycles. The minimum Gasteiger partial charge on any atom is -0.481 e. The Bertz CT molecular complexity index is 970. The number of thioether (sulfide) groups is 1. The van der Waals surface area contributed by atoms with Crippen molar-refractivity contribution in [2.45, 2.75) is 56.3 Å². The van der Waals surface area contributed by atoms with Crippen molar-refractivity contribution < 1.29 is 34.2 Å². The van der Waals surface area contributed by atoms with Gasteiger partial charge in [0.25, 0.3) is 0 Å².